The van der Waals surface area contributed by atoms with Crippen LogP contribution in [0.15, 0.2) is 59.3 Å². The lowest BCUT2D eigenvalue weighted by atomic mass is 10.1. The molecule has 27 heavy (non-hydrogen) atoms. The van der Waals surface area contributed by atoms with E-state index in [9.17, 15) is 9.59 Å². The van der Waals surface area contributed by atoms with Crippen molar-refractivity contribution in [3.05, 3.63) is 71.9 Å². The highest BCUT2D eigenvalue weighted by Crippen LogP contribution is 2.15. The number of anilines is 1. The van der Waals surface area contributed by atoms with Crippen LogP contribution in [0.1, 0.15) is 35.2 Å². The molecule has 0 fully saturated rings. The minimum absolute atomic E-state index is 0.158. The Morgan fingerprint density at radius 2 is 1.96 bits per heavy atom. The Hall–Kier alpha value is -3.35. The quantitative estimate of drug-likeness (QED) is 0.641. The van der Waals surface area contributed by atoms with Gasteiger partial charge >= 0.3 is 0 Å². The van der Waals surface area contributed by atoms with Gasteiger partial charge in [-0.25, -0.2) is 0 Å². The SMILES string of the molecule is CCn1cc(NC(=O)CCc2ccccc2)c(C(=O)NCc2ccco2)n1. The number of hydrogen-bond acceptors (Lipinski definition) is 4. The van der Waals surface area contributed by atoms with Gasteiger partial charge in [0.25, 0.3) is 5.91 Å². The average Bonchev–Trinajstić information content (AvgIpc) is 3.35. The van der Waals surface area contributed by atoms with Crippen molar-refractivity contribution >= 4 is 17.5 Å². The highest BCUT2D eigenvalue weighted by Gasteiger charge is 2.18. The Morgan fingerprint density at radius 3 is 2.67 bits per heavy atom. The summed E-state index contributed by atoms with van der Waals surface area (Å²) in [5.74, 6) is 0.123. The average molecular weight is 366 g/mol. The predicted octanol–water partition coefficient (Wildman–Crippen LogP) is 3.00. The van der Waals surface area contributed by atoms with E-state index in [1.54, 1.807) is 29.3 Å². The van der Waals surface area contributed by atoms with E-state index in [1.165, 1.54) is 0 Å². The predicted molar refractivity (Wildman–Crippen MR) is 101 cm³/mol. The van der Waals surface area contributed by atoms with Crippen molar-refractivity contribution in [2.75, 3.05) is 5.32 Å². The zero-order valence-corrected chi connectivity index (χ0v) is 15.1. The molecule has 0 saturated carbocycles. The number of aryl methyl sites for hydroxylation is 2. The molecule has 7 nitrogen and oxygen atoms in total. The maximum Gasteiger partial charge on any atom is 0.274 e. The first-order valence-corrected chi connectivity index (χ1v) is 8.87. The largest absolute Gasteiger partial charge is 0.467 e. The molecule has 2 aromatic heterocycles. The van der Waals surface area contributed by atoms with Gasteiger partial charge in [-0.3, -0.25) is 14.3 Å². The molecule has 0 unspecified atom stereocenters. The Kier molecular flexibility index (Phi) is 6.04. The number of nitrogens with zero attached hydrogens (tertiary/aromatic N) is 2. The summed E-state index contributed by atoms with van der Waals surface area (Å²) < 4.78 is 6.82. The standard InChI is InChI=1S/C20H22N4O3/c1-2-24-14-17(22-18(25)11-10-15-7-4-3-5-8-15)19(23-24)20(26)21-13-16-9-6-12-27-16/h3-9,12,14H,2,10-11,13H2,1H3,(H,21,26)(H,22,25). The van der Waals surface area contributed by atoms with Crippen LogP contribution in [0.3, 0.4) is 0 Å². The Balaban J connectivity index is 1.62. The van der Waals surface area contributed by atoms with Gasteiger partial charge in [-0.05, 0) is 31.0 Å². The van der Waals surface area contributed by atoms with Crippen molar-refractivity contribution < 1.29 is 14.0 Å². The van der Waals surface area contributed by atoms with Crippen LogP contribution in [0.25, 0.3) is 0 Å². The molecule has 2 amide bonds. The molecule has 0 aliphatic rings. The molecule has 3 rings (SSSR count). The minimum atomic E-state index is -0.364. The summed E-state index contributed by atoms with van der Waals surface area (Å²) in [4.78, 5) is 24.8. The van der Waals surface area contributed by atoms with Crippen molar-refractivity contribution in [3.8, 4) is 0 Å². The maximum absolute atomic E-state index is 12.5. The van der Waals surface area contributed by atoms with E-state index < -0.39 is 0 Å². The summed E-state index contributed by atoms with van der Waals surface area (Å²) in [6, 6.07) is 13.3. The van der Waals surface area contributed by atoms with Gasteiger partial charge in [-0.2, -0.15) is 5.10 Å². The van der Waals surface area contributed by atoms with Crippen LogP contribution in [0.2, 0.25) is 0 Å². The van der Waals surface area contributed by atoms with Crippen LogP contribution in [-0.2, 0) is 24.3 Å². The van der Waals surface area contributed by atoms with Gasteiger partial charge in [0.05, 0.1) is 18.5 Å². The molecule has 140 valence electrons. The summed E-state index contributed by atoms with van der Waals surface area (Å²) in [5.41, 5.74) is 1.69. The van der Waals surface area contributed by atoms with Gasteiger partial charge in [-0.15, -0.1) is 0 Å². The fourth-order valence-electron chi connectivity index (χ4n) is 2.62. The van der Waals surface area contributed by atoms with Crippen LogP contribution >= 0.6 is 0 Å². The van der Waals surface area contributed by atoms with Gasteiger partial charge in [0.1, 0.15) is 5.76 Å². The zero-order valence-electron chi connectivity index (χ0n) is 15.1. The Morgan fingerprint density at radius 1 is 1.15 bits per heavy atom. The third kappa shape index (κ3) is 5.07. The first-order valence-electron chi connectivity index (χ1n) is 8.87. The lowest BCUT2D eigenvalue weighted by Crippen LogP contribution is -2.25. The first-order chi connectivity index (χ1) is 13.2. The molecule has 0 atom stereocenters. The number of benzene rings is 1. The van der Waals surface area contributed by atoms with E-state index in [2.05, 4.69) is 15.7 Å². The fourth-order valence-corrected chi connectivity index (χ4v) is 2.62. The molecule has 0 aliphatic carbocycles. The number of hydrogen-bond donors (Lipinski definition) is 2. The summed E-state index contributed by atoms with van der Waals surface area (Å²) in [6.07, 6.45) is 4.18. The lowest BCUT2D eigenvalue weighted by molar-refractivity contribution is -0.116. The van der Waals surface area contributed by atoms with Gasteiger partial charge < -0.3 is 15.1 Å². The van der Waals surface area contributed by atoms with Crippen LogP contribution < -0.4 is 10.6 Å². The number of rotatable bonds is 8. The van der Waals surface area contributed by atoms with Crippen LogP contribution in [0.5, 0.6) is 0 Å². The van der Waals surface area contributed by atoms with Crippen molar-refractivity contribution in [2.45, 2.75) is 32.9 Å². The van der Waals surface area contributed by atoms with E-state index >= 15 is 0 Å². The number of amides is 2. The number of nitrogens with one attached hydrogen (secondary N) is 2. The van der Waals surface area contributed by atoms with Crippen LogP contribution in [0, 0.1) is 0 Å². The molecular weight excluding hydrogens is 344 g/mol. The minimum Gasteiger partial charge on any atom is -0.467 e. The number of carbonyl (C=O) groups is 2. The van der Waals surface area contributed by atoms with Crippen molar-refractivity contribution in [1.29, 1.82) is 0 Å². The van der Waals surface area contributed by atoms with Crippen LogP contribution in [-0.4, -0.2) is 21.6 Å². The number of aromatic nitrogens is 2. The molecule has 1 aromatic carbocycles. The second kappa shape index (κ2) is 8.84. The van der Waals surface area contributed by atoms with Gasteiger partial charge in [0.2, 0.25) is 5.91 Å². The summed E-state index contributed by atoms with van der Waals surface area (Å²) in [6.45, 7) is 2.77. The third-order valence-corrected chi connectivity index (χ3v) is 4.06. The summed E-state index contributed by atoms with van der Waals surface area (Å²) in [7, 11) is 0. The molecule has 0 bridgehead atoms. The lowest BCUT2D eigenvalue weighted by Gasteiger charge is -2.06. The summed E-state index contributed by atoms with van der Waals surface area (Å²) in [5, 5.41) is 9.81. The van der Waals surface area contributed by atoms with Crippen LogP contribution in [0.4, 0.5) is 5.69 Å². The van der Waals surface area contributed by atoms with E-state index in [0.29, 0.717) is 30.8 Å². The van der Waals surface area contributed by atoms with E-state index in [-0.39, 0.29) is 24.1 Å². The number of carbonyl (C=O) groups excluding carboxylic acids is 2. The molecule has 2 N–H and O–H groups in total. The normalized spacial score (nSPS) is 10.6. The second-order valence-corrected chi connectivity index (χ2v) is 6.04. The molecule has 2 heterocycles. The molecule has 3 aromatic rings. The molecule has 0 aliphatic heterocycles. The topological polar surface area (TPSA) is 89.2 Å². The van der Waals surface area contributed by atoms with Crippen molar-refractivity contribution in [3.63, 3.8) is 0 Å². The molecule has 0 saturated heterocycles. The van der Waals surface area contributed by atoms with Gasteiger partial charge in [-0.1, -0.05) is 30.3 Å². The molecule has 7 heteroatoms. The fraction of sp³-hybridized carbons (Fsp3) is 0.250. The van der Waals surface area contributed by atoms with Gasteiger partial charge in [0, 0.05) is 19.2 Å². The monoisotopic (exact) mass is 366 g/mol. The zero-order chi connectivity index (χ0) is 19.1. The molecule has 0 spiro atoms. The number of furan rings is 1. The Bertz CT molecular complexity index is 885. The van der Waals surface area contributed by atoms with Crippen molar-refractivity contribution in [2.24, 2.45) is 0 Å². The smallest absolute Gasteiger partial charge is 0.274 e. The van der Waals surface area contributed by atoms with E-state index in [0.717, 1.165) is 5.56 Å². The molecule has 0 radical (unpaired) electrons. The van der Waals surface area contributed by atoms with Gasteiger partial charge in [0.15, 0.2) is 5.69 Å². The second-order valence-electron chi connectivity index (χ2n) is 6.04. The first kappa shape index (κ1) is 18.4. The highest BCUT2D eigenvalue weighted by molar-refractivity contribution is 6.02. The summed E-state index contributed by atoms with van der Waals surface area (Å²) >= 11 is 0. The van der Waals surface area contributed by atoms with E-state index in [1.807, 2.05) is 37.3 Å². The Labute approximate surface area is 157 Å². The van der Waals surface area contributed by atoms with E-state index in [4.69, 9.17) is 4.42 Å². The third-order valence-electron chi connectivity index (χ3n) is 4.06. The molecular formula is C20H22N4O3. The maximum atomic E-state index is 12.5. The van der Waals surface area contributed by atoms with Crippen molar-refractivity contribution in [1.82, 2.24) is 15.1 Å². The highest BCUT2D eigenvalue weighted by atomic mass is 16.3.